The van der Waals surface area contributed by atoms with Crippen molar-refractivity contribution in [3.63, 3.8) is 0 Å². The molecule has 2 saturated heterocycles. The largest absolute Gasteiger partial charge is 0.345 e. The predicted octanol–water partition coefficient (Wildman–Crippen LogP) is 2.12. The van der Waals surface area contributed by atoms with Gasteiger partial charge in [-0.25, -0.2) is 4.98 Å². The standard InChI is InChI=1S/C21H34N4O2/c1-21(2,3)18-11-20(27)25(15-22-18)14-16-7-9-24(10-8-16)13-17-5-6-19(26)23(4)12-17/h11,15-17H,5-10,12-14H2,1-4H3. The average Bonchev–Trinajstić information content (AvgIpc) is 2.61. The molecular weight excluding hydrogens is 340 g/mol. The van der Waals surface area contributed by atoms with E-state index >= 15 is 0 Å². The SMILES string of the molecule is CN1CC(CN2CCC(Cn3cnc(C(C)(C)C)cc3=O)CC2)CCC1=O. The van der Waals surface area contributed by atoms with Gasteiger partial charge in [-0.1, -0.05) is 20.8 Å². The lowest BCUT2D eigenvalue weighted by Gasteiger charge is -2.37. The minimum absolute atomic E-state index is 0.0623. The molecule has 150 valence electrons. The van der Waals surface area contributed by atoms with Gasteiger partial charge in [0.2, 0.25) is 5.91 Å². The van der Waals surface area contributed by atoms with Crippen LogP contribution < -0.4 is 5.56 Å². The van der Waals surface area contributed by atoms with Crippen molar-refractivity contribution < 1.29 is 4.79 Å². The van der Waals surface area contributed by atoms with Gasteiger partial charge in [-0.3, -0.25) is 14.2 Å². The number of nitrogens with zero attached hydrogens (tertiary/aromatic N) is 4. The fourth-order valence-electron chi connectivity index (χ4n) is 4.22. The number of aromatic nitrogens is 2. The summed E-state index contributed by atoms with van der Waals surface area (Å²) in [6, 6.07) is 1.69. The molecule has 27 heavy (non-hydrogen) atoms. The second-order valence-electron chi connectivity index (χ2n) is 9.44. The fraction of sp³-hybridized carbons (Fsp3) is 0.762. The third-order valence-corrected chi connectivity index (χ3v) is 6.05. The molecule has 1 unspecified atom stereocenters. The Labute approximate surface area is 162 Å². The normalized spacial score (nSPS) is 23.0. The van der Waals surface area contributed by atoms with Gasteiger partial charge in [-0.15, -0.1) is 0 Å². The van der Waals surface area contributed by atoms with Gasteiger partial charge < -0.3 is 9.80 Å². The summed E-state index contributed by atoms with van der Waals surface area (Å²) in [5, 5.41) is 0. The summed E-state index contributed by atoms with van der Waals surface area (Å²) in [5.74, 6) is 1.42. The summed E-state index contributed by atoms with van der Waals surface area (Å²) in [7, 11) is 1.91. The van der Waals surface area contributed by atoms with Gasteiger partial charge in [0.25, 0.3) is 5.56 Å². The first kappa shape index (κ1) is 20.1. The molecule has 1 aromatic heterocycles. The second kappa shape index (κ2) is 8.13. The highest BCUT2D eigenvalue weighted by Crippen LogP contribution is 2.23. The van der Waals surface area contributed by atoms with Crippen LogP contribution >= 0.6 is 0 Å². The first-order valence-electron chi connectivity index (χ1n) is 10.3. The lowest BCUT2D eigenvalue weighted by atomic mass is 9.92. The van der Waals surface area contributed by atoms with Crippen molar-refractivity contribution >= 4 is 5.91 Å². The Morgan fingerprint density at radius 3 is 2.37 bits per heavy atom. The molecule has 6 nitrogen and oxygen atoms in total. The number of carbonyl (C=O) groups excluding carboxylic acids is 1. The summed E-state index contributed by atoms with van der Waals surface area (Å²) in [6.07, 6.45) is 5.68. The van der Waals surface area contributed by atoms with Crippen LogP contribution in [0, 0.1) is 11.8 Å². The quantitative estimate of drug-likeness (QED) is 0.810. The summed E-state index contributed by atoms with van der Waals surface area (Å²) in [6.45, 7) is 11.2. The molecule has 3 rings (SSSR count). The predicted molar refractivity (Wildman–Crippen MR) is 107 cm³/mol. The Hall–Kier alpha value is -1.69. The minimum Gasteiger partial charge on any atom is -0.345 e. The monoisotopic (exact) mass is 374 g/mol. The van der Waals surface area contributed by atoms with Crippen molar-refractivity contribution in [2.24, 2.45) is 11.8 Å². The van der Waals surface area contributed by atoms with E-state index in [4.69, 9.17) is 0 Å². The van der Waals surface area contributed by atoms with Crippen LogP contribution in [-0.2, 0) is 16.8 Å². The summed E-state index contributed by atoms with van der Waals surface area (Å²) in [5.41, 5.74) is 0.822. The molecule has 2 fully saturated rings. The number of likely N-dealkylation sites (tertiary alicyclic amines) is 2. The van der Waals surface area contributed by atoms with Crippen LogP contribution in [0.1, 0.15) is 52.1 Å². The molecule has 0 aliphatic carbocycles. The van der Waals surface area contributed by atoms with Crippen molar-refractivity contribution in [1.82, 2.24) is 19.4 Å². The first-order valence-corrected chi connectivity index (χ1v) is 10.3. The van der Waals surface area contributed by atoms with Gasteiger partial charge >= 0.3 is 0 Å². The molecule has 0 bridgehead atoms. The highest BCUT2D eigenvalue weighted by atomic mass is 16.2. The van der Waals surface area contributed by atoms with Crippen LogP contribution in [0.5, 0.6) is 0 Å². The molecule has 0 N–H and O–H groups in total. The second-order valence-corrected chi connectivity index (χ2v) is 9.44. The number of piperidine rings is 2. The van der Waals surface area contributed by atoms with Gasteiger partial charge in [-0.2, -0.15) is 0 Å². The topological polar surface area (TPSA) is 58.4 Å². The Kier molecular flexibility index (Phi) is 6.04. The maximum absolute atomic E-state index is 12.4. The Bertz CT molecular complexity index is 714. The van der Waals surface area contributed by atoms with E-state index in [-0.39, 0.29) is 16.9 Å². The molecule has 0 saturated carbocycles. The van der Waals surface area contributed by atoms with Gasteiger partial charge in [0.1, 0.15) is 0 Å². The number of hydrogen-bond donors (Lipinski definition) is 0. The van der Waals surface area contributed by atoms with E-state index in [1.165, 1.54) is 0 Å². The van der Waals surface area contributed by atoms with Gasteiger partial charge in [-0.05, 0) is 44.2 Å². The third-order valence-electron chi connectivity index (χ3n) is 6.05. The molecule has 0 spiro atoms. The zero-order valence-electron chi connectivity index (χ0n) is 17.3. The zero-order valence-corrected chi connectivity index (χ0v) is 17.3. The van der Waals surface area contributed by atoms with Crippen LogP contribution in [-0.4, -0.2) is 58.5 Å². The number of carbonyl (C=O) groups is 1. The Balaban J connectivity index is 1.48. The number of hydrogen-bond acceptors (Lipinski definition) is 4. The van der Waals surface area contributed by atoms with Crippen LogP contribution in [0.15, 0.2) is 17.2 Å². The van der Waals surface area contributed by atoms with Crippen LogP contribution in [0.2, 0.25) is 0 Å². The maximum Gasteiger partial charge on any atom is 0.253 e. The van der Waals surface area contributed by atoms with E-state index in [2.05, 4.69) is 30.7 Å². The van der Waals surface area contributed by atoms with Gasteiger partial charge in [0, 0.05) is 44.6 Å². The molecule has 0 aromatic carbocycles. The smallest absolute Gasteiger partial charge is 0.253 e. The maximum atomic E-state index is 12.4. The molecule has 2 aliphatic rings. The lowest BCUT2D eigenvalue weighted by molar-refractivity contribution is -0.133. The molecule has 0 radical (unpaired) electrons. The van der Waals surface area contributed by atoms with E-state index < -0.39 is 0 Å². The van der Waals surface area contributed by atoms with Gasteiger partial charge in [0.05, 0.1) is 12.0 Å². The van der Waals surface area contributed by atoms with Crippen molar-refractivity contribution in [3.05, 3.63) is 28.4 Å². The molecule has 1 aromatic rings. The molecule has 1 atom stereocenters. The van der Waals surface area contributed by atoms with E-state index in [0.29, 0.717) is 18.3 Å². The van der Waals surface area contributed by atoms with E-state index in [9.17, 15) is 9.59 Å². The van der Waals surface area contributed by atoms with Crippen molar-refractivity contribution in [3.8, 4) is 0 Å². The summed E-state index contributed by atoms with van der Waals surface area (Å²) < 4.78 is 1.78. The van der Waals surface area contributed by atoms with Crippen LogP contribution in [0.25, 0.3) is 0 Å². The molecule has 6 heteroatoms. The molecule has 3 heterocycles. The van der Waals surface area contributed by atoms with Crippen molar-refractivity contribution in [2.45, 2.75) is 58.4 Å². The van der Waals surface area contributed by atoms with Crippen molar-refractivity contribution in [2.75, 3.05) is 33.2 Å². The molecular formula is C21H34N4O2. The average molecular weight is 375 g/mol. The first-order chi connectivity index (χ1) is 12.7. The Morgan fingerprint density at radius 2 is 1.78 bits per heavy atom. The van der Waals surface area contributed by atoms with Gasteiger partial charge in [0.15, 0.2) is 0 Å². The fourth-order valence-corrected chi connectivity index (χ4v) is 4.22. The van der Waals surface area contributed by atoms with Crippen LogP contribution in [0.3, 0.4) is 0 Å². The minimum atomic E-state index is -0.0958. The highest BCUT2D eigenvalue weighted by Gasteiger charge is 2.27. The van der Waals surface area contributed by atoms with E-state index in [1.807, 2.05) is 11.9 Å². The third kappa shape index (κ3) is 5.18. The lowest BCUT2D eigenvalue weighted by Crippen LogP contribution is -2.44. The van der Waals surface area contributed by atoms with Crippen molar-refractivity contribution in [1.29, 1.82) is 0 Å². The summed E-state index contributed by atoms with van der Waals surface area (Å²) in [4.78, 5) is 33.0. The van der Waals surface area contributed by atoms with Crippen LogP contribution in [0.4, 0.5) is 0 Å². The highest BCUT2D eigenvalue weighted by molar-refractivity contribution is 5.76. The van der Waals surface area contributed by atoms with E-state index in [1.54, 1.807) is 17.0 Å². The molecule has 2 aliphatic heterocycles. The number of rotatable bonds is 4. The van der Waals surface area contributed by atoms with E-state index in [0.717, 1.165) is 57.7 Å². The molecule has 1 amide bonds. The Morgan fingerprint density at radius 1 is 1.07 bits per heavy atom. The summed E-state index contributed by atoms with van der Waals surface area (Å²) >= 11 is 0. The number of amides is 1. The zero-order chi connectivity index (χ0) is 19.6.